The molecule has 0 spiro atoms. The first-order chi connectivity index (χ1) is 12.7. The van der Waals surface area contributed by atoms with Crippen LogP contribution in [-0.4, -0.2) is 49.0 Å². The molecule has 0 bridgehead atoms. The third kappa shape index (κ3) is 3.92. The van der Waals surface area contributed by atoms with E-state index in [1.807, 2.05) is 18.3 Å². The second kappa shape index (κ2) is 8.03. The Hall–Kier alpha value is -3.53. The van der Waals surface area contributed by atoms with Gasteiger partial charge in [0.1, 0.15) is 0 Å². The summed E-state index contributed by atoms with van der Waals surface area (Å²) in [6.45, 7) is 0.668. The van der Waals surface area contributed by atoms with Gasteiger partial charge >= 0.3 is 0 Å². The first kappa shape index (κ1) is 17.3. The summed E-state index contributed by atoms with van der Waals surface area (Å²) < 4.78 is 1.68. The lowest BCUT2D eigenvalue weighted by Gasteiger charge is -2.09. The lowest BCUT2D eigenvalue weighted by atomic mass is 10.2. The molecule has 3 aromatic heterocycles. The van der Waals surface area contributed by atoms with Crippen molar-refractivity contribution >= 4 is 29.1 Å². The molecule has 0 saturated heterocycles. The van der Waals surface area contributed by atoms with Gasteiger partial charge in [0.05, 0.1) is 43.5 Å². The fourth-order valence-electron chi connectivity index (χ4n) is 2.21. The highest BCUT2D eigenvalue weighted by Crippen LogP contribution is 2.17. The number of nitrogen functional groups attached to an aromatic ring is 1. The van der Waals surface area contributed by atoms with Crippen LogP contribution in [0.2, 0.25) is 0 Å². The van der Waals surface area contributed by atoms with Crippen LogP contribution in [0.1, 0.15) is 11.4 Å². The molecule has 0 aliphatic rings. The van der Waals surface area contributed by atoms with Crippen molar-refractivity contribution in [2.24, 2.45) is 10.7 Å². The van der Waals surface area contributed by atoms with Crippen LogP contribution < -0.4 is 16.8 Å². The van der Waals surface area contributed by atoms with E-state index in [0.717, 1.165) is 11.3 Å². The van der Waals surface area contributed by atoms with Gasteiger partial charge < -0.3 is 21.9 Å². The molecule has 0 amide bonds. The highest BCUT2D eigenvalue weighted by molar-refractivity contribution is 6.08. The normalized spacial score (nSPS) is 12.1. The molecule has 6 N–H and O–H groups in total. The topological polar surface area (TPSA) is 153 Å². The Kier molecular flexibility index (Phi) is 5.34. The summed E-state index contributed by atoms with van der Waals surface area (Å²) >= 11 is 0. The summed E-state index contributed by atoms with van der Waals surface area (Å²) in [6.07, 6.45) is 7.94. The molecule has 0 aliphatic heterocycles. The number of hydrogen-bond donors (Lipinski definition) is 4. The number of nitrogens with zero attached hydrogens (tertiary/aromatic N) is 6. The number of anilines is 2. The second-order valence-corrected chi connectivity index (χ2v) is 5.28. The van der Waals surface area contributed by atoms with Crippen molar-refractivity contribution in [1.82, 2.24) is 24.6 Å². The number of rotatable bonds is 7. The van der Waals surface area contributed by atoms with E-state index in [2.05, 4.69) is 30.4 Å². The van der Waals surface area contributed by atoms with Crippen LogP contribution in [0, 0.1) is 0 Å². The van der Waals surface area contributed by atoms with Gasteiger partial charge in [0, 0.05) is 30.3 Å². The first-order valence-corrected chi connectivity index (χ1v) is 7.90. The molecule has 0 saturated carbocycles. The van der Waals surface area contributed by atoms with Gasteiger partial charge in [0.2, 0.25) is 0 Å². The van der Waals surface area contributed by atoms with Crippen LogP contribution in [0.15, 0.2) is 41.9 Å². The number of allylic oxidation sites excluding steroid dienone is 1. The molecule has 0 radical (unpaired) electrons. The first-order valence-electron chi connectivity index (χ1n) is 7.90. The van der Waals surface area contributed by atoms with Gasteiger partial charge in [0.25, 0.3) is 0 Å². The Morgan fingerprint density at radius 3 is 3.04 bits per heavy atom. The molecular weight excluding hydrogens is 334 g/mol. The van der Waals surface area contributed by atoms with Crippen LogP contribution in [0.3, 0.4) is 0 Å². The maximum absolute atomic E-state index is 8.80. The van der Waals surface area contributed by atoms with Gasteiger partial charge in [-0.05, 0) is 6.07 Å². The number of aliphatic hydroxyl groups is 1. The number of nitrogens with one attached hydrogen (secondary N) is 1. The molecule has 0 unspecified atom stereocenters. The van der Waals surface area contributed by atoms with Crippen LogP contribution >= 0.6 is 0 Å². The van der Waals surface area contributed by atoms with E-state index in [0.29, 0.717) is 23.6 Å². The zero-order valence-corrected chi connectivity index (χ0v) is 13.9. The van der Waals surface area contributed by atoms with Crippen molar-refractivity contribution in [2.45, 2.75) is 6.54 Å². The van der Waals surface area contributed by atoms with E-state index in [-0.39, 0.29) is 19.0 Å². The highest BCUT2D eigenvalue weighted by atomic mass is 16.3. The second-order valence-electron chi connectivity index (χ2n) is 5.28. The number of aliphatic hydroxyl groups excluding tert-OH is 1. The van der Waals surface area contributed by atoms with E-state index in [1.165, 1.54) is 18.6 Å². The predicted octanol–water partition coefficient (Wildman–Crippen LogP) is 0.0763. The Balaban J connectivity index is 1.76. The number of aliphatic imine (C=N–C) groups is 1. The monoisotopic (exact) mass is 353 g/mol. The molecule has 0 aliphatic carbocycles. The molecular formula is C16H19N9O. The van der Waals surface area contributed by atoms with Gasteiger partial charge in [-0.2, -0.15) is 5.10 Å². The zero-order chi connectivity index (χ0) is 18.4. The quantitative estimate of drug-likeness (QED) is 0.436. The Morgan fingerprint density at radius 1 is 1.35 bits per heavy atom. The predicted molar refractivity (Wildman–Crippen MR) is 99.4 cm³/mol. The molecule has 10 nitrogen and oxygen atoms in total. The summed E-state index contributed by atoms with van der Waals surface area (Å²) in [7, 11) is 0. The number of fused-ring (bicyclic) bond motifs is 1. The lowest BCUT2D eigenvalue weighted by Crippen LogP contribution is -2.09. The number of nitrogens with two attached hydrogens (primary N) is 2. The molecule has 3 heterocycles. The fourth-order valence-corrected chi connectivity index (χ4v) is 2.21. The standard InChI is InChI=1S/C16H19N9O/c17-7-11(8-19-4-6-26)13-10-20-15(18)16(24-13)21-9-12-2-5-25-14(23-12)1-3-22-25/h1-3,5,7-8,10,26H,4,6,9,17H2,(H2,18,20)(H,21,24). The smallest absolute Gasteiger partial charge is 0.169 e. The Morgan fingerprint density at radius 2 is 2.23 bits per heavy atom. The summed E-state index contributed by atoms with van der Waals surface area (Å²) in [4.78, 5) is 17.1. The Bertz CT molecular complexity index is 948. The van der Waals surface area contributed by atoms with Crippen molar-refractivity contribution in [3.05, 3.63) is 48.3 Å². The van der Waals surface area contributed by atoms with Gasteiger partial charge in [-0.3, -0.25) is 4.99 Å². The molecule has 0 fully saturated rings. The van der Waals surface area contributed by atoms with Gasteiger partial charge in [-0.15, -0.1) is 0 Å². The van der Waals surface area contributed by atoms with E-state index in [9.17, 15) is 0 Å². The third-order valence-corrected chi connectivity index (χ3v) is 3.49. The molecule has 10 heteroatoms. The van der Waals surface area contributed by atoms with E-state index < -0.39 is 0 Å². The summed E-state index contributed by atoms with van der Waals surface area (Å²) in [5.41, 5.74) is 14.2. The average Bonchev–Trinajstić information content (AvgIpc) is 3.13. The summed E-state index contributed by atoms with van der Waals surface area (Å²) in [5.74, 6) is 0.690. The van der Waals surface area contributed by atoms with Crippen molar-refractivity contribution < 1.29 is 5.11 Å². The molecule has 3 aromatic rings. The zero-order valence-electron chi connectivity index (χ0n) is 13.9. The summed E-state index contributed by atoms with van der Waals surface area (Å²) in [6, 6.07) is 3.68. The number of hydrogen-bond acceptors (Lipinski definition) is 9. The average molecular weight is 353 g/mol. The van der Waals surface area contributed by atoms with Crippen LogP contribution in [0.4, 0.5) is 11.6 Å². The van der Waals surface area contributed by atoms with Gasteiger partial charge in [-0.1, -0.05) is 0 Å². The highest BCUT2D eigenvalue weighted by Gasteiger charge is 2.08. The van der Waals surface area contributed by atoms with Crippen LogP contribution in [-0.2, 0) is 6.54 Å². The van der Waals surface area contributed by atoms with Crippen molar-refractivity contribution in [1.29, 1.82) is 0 Å². The third-order valence-electron chi connectivity index (χ3n) is 3.49. The molecule has 26 heavy (non-hydrogen) atoms. The minimum atomic E-state index is -0.0386. The lowest BCUT2D eigenvalue weighted by molar-refractivity contribution is 0.307. The molecule has 3 rings (SSSR count). The van der Waals surface area contributed by atoms with Crippen molar-refractivity contribution in [2.75, 3.05) is 24.2 Å². The molecule has 0 aromatic carbocycles. The van der Waals surface area contributed by atoms with E-state index in [1.54, 1.807) is 10.7 Å². The van der Waals surface area contributed by atoms with Gasteiger partial charge in [0.15, 0.2) is 17.3 Å². The minimum Gasteiger partial charge on any atom is -0.404 e. The molecule has 0 atom stereocenters. The fraction of sp³-hybridized carbons (Fsp3) is 0.188. The largest absolute Gasteiger partial charge is 0.404 e. The van der Waals surface area contributed by atoms with Crippen LogP contribution in [0.25, 0.3) is 11.2 Å². The van der Waals surface area contributed by atoms with Crippen molar-refractivity contribution in [3.63, 3.8) is 0 Å². The summed E-state index contributed by atoms with van der Waals surface area (Å²) in [5, 5.41) is 16.0. The maximum atomic E-state index is 8.80. The van der Waals surface area contributed by atoms with Crippen LogP contribution in [0.5, 0.6) is 0 Å². The SMILES string of the molecule is NC=C(C=NCCO)c1cnc(N)c(NCc2ccn3nccc3n2)n1. The van der Waals surface area contributed by atoms with Crippen molar-refractivity contribution in [3.8, 4) is 0 Å². The maximum Gasteiger partial charge on any atom is 0.169 e. The van der Waals surface area contributed by atoms with E-state index in [4.69, 9.17) is 16.6 Å². The number of aromatic nitrogens is 5. The minimum absolute atomic E-state index is 0.0386. The van der Waals surface area contributed by atoms with E-state index >= 15 is 0 Å². The van der Waals surface area contributed by atoms with Gasteiger partial charge in [-0.25, -0.2) is 19.5 Å². The molecule has 134 valence electrons. The Labute approximate surface area is 149 Å².